The lowest BCUT2D eigenvalue weighted by Gasteiger charge is -2.31. The van der Waals surface area contributed by atoms with Crippen molar-refractivity contribution >= 4 is 5.91 Å². The Morgan fingerprint density at radius 3 is 2.30 bits per heavy atom. The van der Waals surface area contributed by atoms with Gasteiger partial charge < -0.3 is 18.9 Å². The van der Waals surface area contributed by atoms with Crippen LogP contribution in [0.25, 0.3) is 0 Å². The molecular weight excluding hydrogens is 542 g/mol. The molecule has 2 aromatic carbocycles. The van der Waals surface area contributed by atoms with Gasteiger partial charge in [0.1, 0.15) is 17.2 Å². The first-order chi connectivity index (χ1) is 18.8. The van der Waals surface area contributed by atoms with Crippen LogP contribution in [0.1, 0.15) is 40.9 Å². The average molecular weight is 571 g/mol. The predicted molar refractivity (Wildman–Crippen MR) is 132 cm³/mol. The number of aryl methyl sites for hydroxylation is 1. The van der Waals surface area contributed by atoms with Gasteiger partial charge in [0.05, 0.1) is 6.33 Å². The van der Waals surface area contributed by atoms with Gasteiger partial charge >= 0.3 is 12.7 Å². The highest BCUT2D eigenvalue weighted by atomic mass is 19.4. The summed E-state index contributed by atoms with van der Waals surface area (Å²) in [5, 5.41) is 0. The van der Waals surface area contributed by atoms with E-state index in [1.807, 2.05) is 0 Å². The number of aromatic nitrogens is 2. The number of halogens is 6. The Bertz CT molecular complexity index is 1280. The fourth-order valence-corrected chi connectivity index (χ4v) is 4.74. The lowest BCUT2D eigenvalue weighted by molar-refractivity contribution is -0.275. The number of alkyl halides is 6. The van der Waals surface area contributed by atoms with Crippen LogP contribution >= 0.6 is 0 Å². The first-order valence-electron chi connectivity index (χ1n) is 12.6. The molecule has 7 nitrogen and oxygen atoms in total. The Kier molecular flexibility index (Phi) is 8.92. The van der Waals surface area contributed by atoms with Crippen LogP contribution in [-0.4, -0.2) is 57.1 Å². The summed E-state index contributed by atoms with van der Waals surface area (Å²) in [5.41, 5.74) is 1.52. The molecule has 1 unspecified atom stereocenters. The Labute approximate surface area is 226 Å². The number of nitrogens with zero attached hydrogens (tertiary/aromatic N) is 4. The Balaban J connectivity index is 1.46. The molecule has 216 valence electrons. The SMILES string of the molecule is Cn1cnc(C(=O)N(Cc2cccc(OC(F)(F)F)c2)C2CCCN(Cc3ccc(OC(F)(F)F)cc3)CC2)c1. The third-order valence-corrected chi connectivity index (χ3v) is 6.46. The molecule has 0 N–H and O–H groups in total. The van der Waals surface area contributed by atoms with E-state index in [4.69, 9.17) is 0 Å². The van der Waals surface area contributed by atoms with Crippen molar-refractivity contribution in [3.8, 4) is 11.5 Å². The summed E-state index contributed by atoms with van der Waals surface area (Å²) in [6.45, 7) is 1.88. The molecule has 1 fully saturated rings. The van der Waals surface area contributed by atoms with E-state index in [1.165, 1.54) is 36.7 Å². The molecule has 1 aromatic heterocycles. The number of hydrogen-bond donors (Lipinski definition) is 0. The zero-order chi connectivity index (χ0) is 28.9. The second kappa shape index (κ2) is 12.2. The summed E-state index contributed by atoms with van der Waals surface area (Å²) in [6.07, 6.45) is -4.51. The molecule has 40 heavy (non-hydrogen) atoms. The summed E-state index contributed by atoms with van der Waals surface area (Å²) >= 11 is 0. The standard InChI is InChI=1S/C27H28F6N4O3/c1-35-17-24(34-18-35)25(38)37(16-20-4-2-6-23(14-20)40-27(31,32)33)21-5-3-12-36(13-11-21)15-19-7-9-22(10-8-19)39-26(28,29)30/h2,4,6-10,14,17-18,21H,3,5,11-13,15-16H2,1H3. The van der Waals surface area contributed by atoms with Crippen molar-refractivity contribution in [1.29, 1.82) is 0 Å². The van der Waals surface area contributed by atoms with Crippen molar-refractivity contribution in [2.24, 2.45) is 7.05 Å². The predicted octanol–water partition coefficient (Wildman–Crippen LogP) is 5.91. The number of benzene rings is 2. The van der Waals surface area contributed by atoms with E-state index in [-0.39, 0.29) is 35.7 Å². The molecule has 1 saturated heterocycles. The van der Waals surface area contributed by atoms with Crippen LogP contribution in [0.4, 0.5) is 26.3 Å². The van der Waals surface area contributed by atoms with E-state index in [0.29, 0.717) is 38.0 Å². The minimum atomic E-state index is -4.83. The zero-order valence-corrected chi connectivity index (χ0v) is 21.6. The van der Waals surface area contributed by atoms with Gasteiger partial charge in [0, 0.05) is 38.9 Å². The van der Waals surface area contributed by atoms with Gasteiger partial charge in [-0.3, -0.25) is 9.69 Å². The second-order valence-electron chi connectivity index (χ2n) is 9.61. The van der Waals surface area contributed by atoms with Crippen LogP contribution in [0.2, 0.25) is 0 Å². The minimum absolute atomic E-state index is 0.0653. The Morgan fingerprint density at radius 1 is 0.950 bits per heavy atom. The lowest BCUT2D eigenvalue weighted by atomic mass is 10.1. The third kappa shape index (κ3) is 8.63. The largest absolute Gasteiger partial charge is 0.573 e. The van der Waals surface area contributed by atoms with Crippen molar-refractivity contribution in [3.05, 3.63) is 77.9 Å². The van der Waals surface area contributed by atoms with Gasteiger partial charge in [-0.2, -0.15) is 0 Å². The molecule has 1 aliphatic rings. The van der Waals surface area contributed by atoms with Gasteiger partial charge in [0.15, 0.2) is 0 Å². The number of likely N-dealkylation sites (tertiary alicyclic amines) is 1. The van der Waals surface area contributed by atoms with Crippen LogP contribution in [0.5, 0.6) is 11.5 Å². The smallest absolute Gasteiger partial charge is 0.406 e. The molecule has 0 aliphatic carbocycles. The zero-order valence-electron chi connectivity index (χ0n) is 21.6. The average Bonchev–Trinajstić information content (AvgIpc) is 3.16. The topological polar surface area (TPSA) is 59.8 Å². The van der Waals surface area contributed by atoms with E-state index in [9.17, 15) is 31.1 Å². The maximum atomic E-state index is 13.5. The normalized spacial score (nSPS) is 16.8. The number of rotatable bonds is 8. The molecule has 0 spiro atoms. The van der Waals surface area contributed by atoms with E-state index in [0.717, 1.165) is 12.0 Å². The lowest BCUT2D eigenvalue weighted by Crippen LogP contribution is -2.40. The first kappa shape index (κ1) is 29.2. The van der Waals surface area contributed by atoms with Crippen LogP contribution in [-0.2, 0) is 20.1 Å². The van der Waals surface area contributed by atoms with E-state index in [1.54, 1.807) is 40.9 Å². The number of imidazole rings is 1. The number of ether oxygens (including phenoxy) is 2. The van der Waals surface area contributed by atoms with Crippen molar-refractivity contribution in [1.82, 2.24) is 19.4 Å². The maximum absolute atomic E-state index is 13.5. The van der Waals surface area contributed by atoms with Crippen molar-refractivity contribution in [2.75, 3.05) is 13.1 Å². The summed E-state index contributed by atoms with van der Waals surface area (Å²) in [4.78, 5) is 21.5. The van der Waals surface area contributed by atoms with Crippen LogP contribution in [0, 0.1) is 0 Å². The van der Waals surface area contributed by atoms with Crippen molar-refractivity contribution in [3.63, 3.8) is 0 Å². The monoisotopic (exact) mass is 570 g/mol. The number of carbonyl (C=O) groups excluding carboxylic acids is 1. The molecule has 3 aromatic rings. The molecule has 0 radical (unpaired) electrons. The summed E-state index contributed by atoms with van der Waals surface area (Å²) in [7, 11) is 1.73. The number of carbonyl (C=O) groups is 1. The third-order valence-electron chi connectivity index (χ3n) is 6.46. The molecule has 1 amide bonds. The van der Waals surface area contributed by atoms with Gasteiger partial charge in [-0.1, -0.05) is 24.3 Å². The number of hydrogen-bond acceptors (Lipinski definition) is 5. The molecule has 1 atom stereocenters. The fourth-order valence-electron chi connectivity index (χ4n) is 4.74. The van der Waals surface area contributed by atoms with Crippen LogP contribution < -0.4 is 9.47 Å². The van der Waals surface area contributed by atoms with Gasteiger partial charge in [-0.15, -0.1) is 26.3 Å². The Hall–Kier alpha value is -3.74. The van der Waals surface area contributed by atoms with Crippen molar-refractivity contribution in [2.45, 2.75) is 51.1 Å². The van der Waals surface area contributed by atoms with Gasteiger partial charge in [0.25, 0.3) is 5.91 Å². The summed E-state index contributed by atoms with van der Waals surface area (Å²) in [5.74, 6) is -0.990. The Morgan fingerprint density at radius 2 is 1.65 bits per heavy atom. The van der Waals surface area contributed by atoms with E-state index in [2.05, 4.69) is 19.4 Å². The van der Waals surface area contributed by atoms with Crippen LogP contribution in [0.3, 0.4) is 0 Å². The summed E-state index contributed by atoms with van der Waals surface area (Å²) < 4.78 is 85.2. The molecular formula is C27H28F6N4O3. The maximum Gasteiger partial charge on any atom is 0.573 e. The highest BCUT2D eigenvalue weighted by molar-refractivity contribution is 5.92. The highest BCUT2D eigenvalue weighted by Gasteiger charge is 2.33. The molecule has 1 aliphatic heterocycles. The fraction of sp³-hybridized carbons (Fsp3) is 0.407. The highest BCUT2D eigenvalue weighted by Crippen LogP contribution is 2.27. The summed E-state index contributed by atoms with van der Waals surface area (Å²) in [6, 6.07) is 11.0. The molecule has 0 bridgehead atoms. The quantitative estimate of drug-likeness (QED) is 0.315. The first-order valence-corrected chi connectivity index (χ1v) is 12.6. The second-order valence-corrected chi connectivity index (χ2v) is 9.61. The van der Waals surface area contributed by atoms with Crippen LogP contribution in [0.15, 0.2) is 61.1 Å². The molecule has 0 saturated carbocycles. The van der Waals surface area contributed by atoms with Gasteiger partial charge in [0.2, 0.25) is 0 Å². The molecule has 4 rings (SSSR count). The minimum Gasteiger partial charge on any atom is -0.406 e. The van der Waals surface area contributed by atoms with Gasteiger partial charge in [-0.05, 0) is 61.2 Å². The molecule has 2 heterocycles. The van der Waals surface area contributed by atoms with Gasteiger partial charge in [-0.25, -0.2) is 4.98 Å². The van der Waals surface area contributed by atoms with E-state index >= 15 is 0 Å². The van der Waals surface area contributed by atoms with E-state index < -0.39 is 12.7 Å². The van der Waals surface area contributed by atoms with Crippen molar-refractivity contribution < 1.29 is 40.6 Å². The molecule has 13 heteroatoms. The number of amides is 1.